The zero-order chi connectivity index (χ0) is 19.6. The molecule has 0 saturated heterocycles. The van der Waals surface area contributed by atoms with Crippen molar-refractivity contribution >= 4 is 27.7 Å². The number of rotatable bonds is 4. The molecule has 0 unspecified atom stereocenters. The van der Waals surface area contributed by atoms with Crippen molar-refractivity contribution < 1.29 is 17.9 Å². The van der Waals surface area contributed by atoms with Gasteiger partial charge in [0.1, 0.15) is 11.9 Å². The summed E-state index contributed by atoms with van der Waals surface area (Å²) in [4.78, 5) is 12.0. The van der Waals surface area contributed by atoms with Crippen LogP contribution in [0.3, 0.4) is 0 Å². The first kappa shape index (κ1) is 19.1. The van der Waals surface area contributed by atoms with E-state index in [1.54, 1.807) is 43.3 Å². The van der Waals surface area contributed by atoms with Gasteiger partial charge >= 0.3 is 6.09 Å². The third-order valence-corrected chi connectivity index (χ3v) is 4.87. The Hall–Kier alpha value is -2.68. The fraction of sp³-hybridized carbons (Fsp3) is 0.111. The van der Waals surface area contributed by atoms with Crippen molar-refractivity contribution in [3.8, 4) is 22.4 Å². The Balaban J connectivity index is 2.12. The zero-order valence-electron chi connectivity index (χ0n) is 14.2. The van der Waals surface area contributed by atoms with Crippen LogP contribution < -0.4 is 5.14 Å². The van der Waals surface area contributed by atoms with Gasteiger partial charge in [0, 0.05) is 16.1 Å². The minimum atomic E-state index is -3.81. The van der Waals surface area contributed by atoms with Gasteiger partial charge in [-0.2, -0.15) is 9.78 Å². The summed E-state index contributed by atoms with van der Waals surface area (Å²) in [5.41, 5.74) is 2.31. The van der Waals surface area contributed by atoms with E-state index in [1.807, 2.05) is 0 Å². The van der Waals surface area contributed by atoms with E-state index in [1.165, 1.54) is 12.1 Å². The van der Waals surface area contributed by atoms with Gasteiger partial charge in [-0.1, -0.05) is 35.9 Å². The molecular weight excluding hydrogens is 390 g/mol. The highest BCUT2D eigenvalue weighted by Crippen LogP contribution is 2.32. The van der Waals surface area contributed by atoms with E-state index in [9.17, 15) is 13.2 Å². The topological polar surface area (TPSA) is 104 Å². The van der Waals surface area contributed by atoms with E-state index in [-0.39, 0.29) is 11.5 Å². The van der Waals surface area contributed by atoms with Crippen molar-refractivity contribution in [3.63, 3.8) is 0 Å². The lowest BCUT2D eigenvalue weighted by atomic mass is 10.0. The molecule has 2 N–H and O–H groups in total. The predicted molar refractivity (Wildman–Crippen MR) is 101 cm³/mol. The minimum Gasteiger partial charge on any atom is -0.448 e. The first-order valence-corrected chi connectivity index (χ1v) is 9.80. The van der Waals surface area contributed by atoms with E-state index in [4.69, 9.17) is 21.5 Å². The fourth-order valence-corrected chi connectivity index (χ4v) is 3.07. The SMILES string of the molecule is CCOC(=O)n1[c]c(-c2ccc(Cl)cc2)c(-c2ccc(S(N)(=O)=O)cc2)n1. The largest absolute Gasteiger partial charge is 0.448 e. The molecule has 0 aliphatic heterocycles. The molecule has 7 nitrogen and oxygen atoms in total. The number of carbonyl (C=O) groups is 1. The van der Waals surface area contributed by atoms with Crippen LogP contribution >= 0.6 is 11.6 Å². The molecule has 1 heterocycles. The van der Waals surface area contributed by atoms with Crippen LogP contribution in [0.2, 0.25) is 5.02 Å². The molecule has 3 aromatic rings. The van der Waals surface area contributed by atoms with Crippen molar-refractivity contribution in [1.82, 2.24) is 9.78 Å². The number of nitrogens with two attached hydrogens (primary N) is 1. The Bertz CT molecular complexity index is 1070. The van der Waals surface area contributed by atoms with Crippen molar-refractivity contribution in [1.29, 1.82) is 0 Å². The highest BCUT2D eigenvalue weighted by molar-refractivity contribution is 7.89. The number of primary sulfonamides is 1. The molecule has 0 saturated carbocycles. The van der Waals surface area contributed by atoms with Gasteiger partial charge in [0.15, 0.2) is 0 Å². The van der Waals surface area contributed by atoms with Crippen LogP contribution in [-0.4, -0.2) is 30.9 Å². The Morgan fingerprint density at radius 3 is 2.30 bits per heavy atom. The number of benzene rings is 2. The molecule has 3 rings (SSSR count). The van der Waals surface area contributed by atoms with Crippen LogP contribution in [-0.2, 0) is 14.8 Å². The lowest BCUT2D eigenvalue weighted by Gasteiger charge is -2.04. The monoisotopic (exact) mass is 404 g/mol. The second-order valence-electron chi connectivity index (χ2n) is 5.52. The normalized spacial score (nSPS) is 11.4. The first-order valence-electron chi connectivity index (χ1n) is 7.88. The molecule has 0 atom stereocenters. The molecule has 0 amide bonds. The Labute approximate surface area is 161 Å². The predicted octanol–water partition coefficient (Wildman–Crippen LogP) is 3.32. The maximum atomic E-state index is 12.0. The van der Waals surface area contributed by atoms with Crippen LogP contribution in [0.5, 0.6) is 0 Å². The number of halogens is 1. The van der Waals surface area contributed by atoms with Crippen LogP contribution in [0, 0.1) is 6.20 Å². The molecule has 0 fully saturated rings. The van der Waals surface area contributed by atoms with Gasteiger partial charge in [0.2, 0.25) is 10.0 Å². The van der Waals surface area contributed by atoms with Crippen molar-refractivity contribution in [2.45, 2.75) is 11.8 Å². The molecule has 27 heavy (non-hydrogen) atoms. The highest BCUT2D eigenvalue weighted by atomic mass is 35.5. The molecule has 9 heteroatoms. The summed E-state index contributed by atoms with van der Waals surface area (Å²) in [6.45, 7) is 1.88. The average Bonchev–Trinajstić information content (AvgIpc) is 3.07. The summed E-state index contributed by atoms with van der Waals surface area (Å²) in [6, 6.07) is 12.8. The summed E-state index contributed by atoms with van der Waals surface area (Å²) in [5, 5.41) is 9.96. The van der Waals surface area contributed by atoms with E-state index < -0.39 is 16.1 Å². The summed E-state index contributed by atoms with van der Waals surface area (Å²) in [6.07, 6.45) is 2.22. The lowest BCUT2D eigenvalue weighted by Crippen LogP contribution is -2.14. The number of hydrogen-bond acceptors (Lipinski definition) is 5. The van der Waals surface area contributed by atoms with Crippen LogP contribution in [0.25, 0.3) is 22.4 Å². The van der Waals surface area contributed by atoms with Gasteiger partial charge in [-0.3, -0.25) is 0 Å². The lowest BCUT2D eigenvalue weighted by molar-refractivity contribution is 0.150. The van der Waals surface area contributed by atoms with Crippen molar-refractivity contribution in [3.05, 3.63) is 59.8 Å². The van der Waals surface area contributed by atoms with Gasteiger partial charge in [-0.25, -0.2) is 18.4 Å². The number of sulfonamides is 1. The third-order valence-electron chi connectivity index (χ3n) is 3.68. The van der Waals surface area contributed by atoms with Gasteiger partial charge in [-0.15, -0.1) is 0 Å². The molecule has 0 aliphatic carbocycles. The van der Waals surface area contributed by atoms with Gasteiger partial charge in [-0.05, 0) is 36.8 Å². The molecule has 1 aromatic heterocycles. The number of ether oxygens (including phenoxy) is 1. The third kappa shape index (κ3) is 4.19. The van der Waals surface area contributed by atoms with Crippen molar-refractivity contribution in [2.75, 3.05) is 6.61 Å². The minimum absolute atomic E-state index is 0.0203. The fourth-order valence-electron chi connectivity index (χ4n) is 2.43. The second kappa shape index (κ2) is 7.51. The van der Waals surface area contributed by atoms with E-state index >= 15 is 0 Å². The maximum Gasteiger partial charge on any atom is 0.435 e. The van der Waals surface area contributed by atoms with E-state index in [2.05, 4.69) is 11.3 Å². The molecule has 0 aliphatic rings. The standard InChI is InChI=1S/C18H15ClN3O4S/c1-2-26-18(23)22-11-16(12-3-7-14(19)8-4-12)17(21-22)13-5-9-15(10-6-13)27(20,24)25/h3-10H,2H2,1H3,(H2,20,24,25). The summed E-state index contributed by atoms with van der Waals surface area (Å²) < 4.78 is 28.8. The van der Waals surface area contributed by atoms with Gasteiger partial charge in [0.25, 0.3) is 0 Å². The highest BCUT2D eigenvalue weighted by Gasteiger charge is 2.18. The Kier molecular flexibility index (Phi) is 5.31. The average molecular weight is 405 g/mol. The smallest absolute Gasteiger partial charge is 0.435 e. The number of aromatic nitrogens is 2. The van der Waals surface area contributed by atoms with Crippen LogP contribution in [0.1, 0.15) is 6.92 Å². The van der Waals surface area contributed by atoms with Gasteiger partial charge in [0.05, 0.1) is 11.5 Å². The Morgan fingerprint density at radius 1 is 1.15 bits per heavy atom. The second-order valence-corrected chi connectivity index (χ2v) is 7.52. The number of nitrogens with zero attached hydrogens (tertiary/aromatic N) is 2. The summed E-state index contributed by atoms with van der Waals surface area (Å²) in [7, 11) is -3.81. The molecule has 0 bridgehead atoms. The first-order chi connectivity index (χ1) is 12.8. The summed E-state index contributed by atoms with van der Waals surface area (Å²) in [5.74, 6) is 0. The van der Waals surface area contributed by atoms with Gasteiger partial charge < -0.3 is 4.74 Å². The molecule has 2 aromatic carbocycles. The zero-order valence-corrected chi connectivity index (χ0v) is 15.8. The summed E-state index contributed by atoms with van der Waals surface area (Å²) >= 11 is 5.94. The number of hydrogen-bond donors (Lipinski definition) is 1. The molecular formula is C18H15ClN3O4S. The van der Waals surface area contributed by atoms with Crippen LogP contribution in [0.15, 0.2) is 53.4 Å². The number of carbonyl (C=O) groups excluding carboxylic acids is 1. The molecule has 1 radical (unpaired) electrons. The quantitative estimate of drug-likeness (QED) is 0.718. The Morgan fingerprint density at radius 2 is 1.74 bits per heavy atom. The maximum absolute atomic E-state index is 12.0. The van der Waals surface area contributed by atoms with E-state index in [0.29, 0.717) is 21.8 Å². The molecule has 139 valence electrons. The van der Waals surface area contributed by atoms with Crippen LogP contribution in [0.4, 0.5) is 4.79 Å². The van der Waals surface area contributed by atoms with Crippen molar-refractivity contribution in [2.24, 2.45) is 5.14 Å². The van der Waals surface area contributed by atoms with E-state index in [0.717, 1.165) is 10.2 Å². The molecule has 0 spiro atoms.